The minimum atomic E-state index is -4.31. The number of carbonyl (C=O) groups is 1. The number of primary sulfonamides is 1. The number of nitrogens with zero attached hydrogens (tertiary/aromatic N) is 4. The molecule has 0 aromatic heterocycles. The van der Waals surface area contributed by atoms with E-state index >= 15 is 0 Å². The van der Waals surface area contributed by atoms with Crippen molar-refractivity contribution < 1.29 is 22.0 Å². The van der Waals surface area contributed by atoms with E-state index in [1.807, 2.05) is 44.2 Å². The van der Waals surface area contributed by atoms with E-state index in [1.165, 1.54) is 0 Å². The zero-order valence-electron chi connectivity index (χ0n) is 24.1. The van der Waals surface area contributed by atoms with Crippen LogP contribution in [0.4, 0.5) is 25.8 Å². The van der Waals surface area contributed by atoms with Crippen molar-refractivity contribution in [2.75, 3.05) is 49.1 Å². The third kappa shape index (κ3) is 6.20. The van der Waals surface area contributed by atoms with E-state index in [4.69, 9.17) is 5.14 Å². The van der Waals surface area contributed by atoms with Gasteiger partial charge < -0.3 is 20.0 Å². The monoisotopic (exact) mass is 608 g/mol. The minimum Gasteiger partial charge on any atom is -0.367 e. The summed E-state index contributed by atoms with van der Waals surface area (Å²) in [6, 6.07) is 15.2. The van der Waals surface area contributed by atoms with Crippen LogP contribution < -0.4 is 20.3 Å². The molecule has 2 heterocycles. The summed E-state index contributed by atoms with van der Waals surface area (Å²) in [6.45, 7) is 6.46. The number of piperazine rings is 1. The fraction of sp³-hybridized carbons (Fsp3) is 0.355. The highest BCUT2D eigenvalue weighted by Gasteiger charge is 2.30. The number of nitrogens with one attached hydrogen (secondary N) is 1. The fourth-order valence-electron chi connectivity index (χ4n) is 6.01. The van der Waals surface area contributed by atoms with Crippen molar-refractivity contribution in [2.24, 2.45) is 5.14 Å². The number of aryl methyl sites for hydroxylation is 2. The Morgan fingerprint density at radius 1 is 0.977 bits per heavy atom. The van der Waals surface area contributed by atoms with E-state index in [2.05, 4.69) is 16.3 Å². The Morgan fingerprint density at radius 2 is 1.63 bits per heavy atom. The van der Waals surface area contributed by atoms with Crippen LogP contribution in [0.3, 0.4) is 0 Å². The van der Waals surface area contributed by atoms with Gasteiger partial charge in [-0.05, 0) is 75.2 Å². The van der Waals surface area contributed by atoms with Crippen LogP contribution in [-0.4, -0.2) is 64.5 Å². The third-order valence-electron chi connectivity index (χ3n) is 8.21. The smallest absolute Gasteiger partial charge is 0.254 e. The number of hydrogen-bond donors (Lipinski definition) is 2. The SMILES string of the molecule is Cc1cc(C)c(N(c2ccccc2C#N)C2CCNCC2)cc1C(=O)N1CCN(c2cc(F)c(F)cc2S(N)(=O)=O)CC1. The average molecular weight is 609 g/mol. The van der Waals surface area contributed by atoms with Gasteiger partial charge in [0.25, 0.3) is 5.91 Å². The number of para-hydroxylation sites is 1. The number of carbonyl (C=O) groups excluding carboxylic acids is 1. The molecule has 3 N–H and O–H groups in total. The van der Waals surface area contributed by atoms with Crippen LogP contribution in [0.2, 0.25) is 0 Å². The molecule has 1 amide bonds. The lowest BCUT2D eigenvalue weighted by molar-refractivity contribution is 0.0746. The number of hydrogen-bond acceptors (Lipinski definition) is 7. The van der Waals surface area contributed by atoms with Crippen LogP contribution in [0.5, 0.6) is 0 Å². The van der Waals surface area contributed by atoms with Crippen molar-refractivity contribution in [3.8, 4) is 6.07 Å². The lowest BCUT2D eigenvalue weighted by Gasteiger charge is -2.39. The number of halogens is 2. The lowest BCUT2D eigenvalue weighted by atomic mass is 9.96. The van der Waals surface area contributed by atoms with Crippen molar-refractivity contribution in [1.29, 1.82) is 5.26 Å². The first-order valence-corrected chi connectivity index (χ1v) is 15.7. The number of sulfonamides is 1. The van der Waals surface area contributed by atoms with Crippen molar-refractivity contribution in [1.82, 2.24) is 10.2 Å². The molecule has 2 saturated heterocycles. The molecular weight excluding hydrogens is 574 g/mol. The van der Waals surface area contributed by atoms with Gasteiger partial charge in [-0.15, -0.1) is 0 Å². The topological polar surface area (TPSA) is 123 Å². The molecule has 2 aliphatic rings. The normalized spacial score (nSPS) is 16.2. The lowest BCUT2D eigenvalue weighted by Crippen LogP contribution is -2.49. The van der Waals surface area contributed by atoms with Crippen LogP contribution in [0.15, 0.2) is 53.4 Å². The molecule has 226 valence electrons. The summed E-state index contributed by atoms with van der Waals surface area (Å²) < 4.78 is 52.1. The van der Waals surface area contributed by atoms with Crippen molar-refractivity contribution >= 4 is 33.0 Å². The molecule has 0 spiro atoms. The molecule has 3 aromatic carbocycles. The van der Waals surface area contributed by atoms with Gasteiger partial charge in [0.05, 0.1) is 16.9 Å². The van der Waals surface area contributed by atoms with E-state index in [0.717, 1.165) is 54.5 Å². The standard InChI is InChI=1S/C31H34F2N6O3S/c1-20-15-21(2)28(39(23-7-9-36-10-8-23)27-6-4-3-5-22(27)19-34)16-24(20)31(40)38-13-11-37(12-14-38)29-17-25(32)26(33)18-30(29)43(35,41)42/h3-6,15-18,23,36H,7-14H2,1-2H3,(H2,35,41,42). The maximum Gasteiger partial charge on any atom is 0.254 e. The van der Waals surface area contributed by atoms with Crippen molar-refractivity contribution in [3.05, 3.63) is 82.4 Å². The number of benzene rings is 3. The van der Waals surface area contributed by atoms with E-state index < -0.39 is 26.6 Å². The molecule has 0 saturated carbocycles. The van der Waals surface area contributed by atoms with Gasteiger partial charge in [-0.25, -0.2) is 22.3 Å². The summed E-state index contributed by atoms with van der Waals surface area (Å²) >= 11 is 0. The van der Waals surface area contributed by atoms with Crippen LogP contribution in [0.1, 0.15) is 39.9 Å². The predicted octanol–water partition coefficient (Wildman–Crippen LogP) is 3.95. The number of rotatable bonds is 6. The Hall–Kier alpha value is -4.05. The molecule has 3 aromatic rings. The Kier molecular flexibility index (Phi) is 8.69. The summed E-state index contributed by atoms with van der Waals surface area (Å²) in [5, 5.41) is 18.6. The average Bonchev–Trinajstić information content (AvgIpc) is 2.99. The number of piperidine rings is 1. The second-order valence-electron chi connectivity index (χ2n) is 11.0. The zero-order valence-corrected chi connectivity index (χ0v) is 24.9. The largest absolute Gasteiger partial charge is 0.367 e. The van der Waals surface area contributed by atoms with Crippen LogP contribution in [0.25, 0.3) is 0 Å². The molecule has 0 aliphatic carbocycles. The number of nitrogens with two attached hydrogens (primary N) is 1. The fourth-order valence-corrected chi connectivity index (χ4v) is 6.76. The molecule has 43 heavy (non-hydrogen) atoms. The molecule has 0 atom stereocenters. The highest BCUT2D eigenvalue weighted by Crippen LogP contribution is 2.37. The second-order valence-corrected chi connectivity index (χ2v) is 12.5. The third-order valence-corrected chi connectivity index (χ3v) is 9.15. The maximum absolute atomic E-state index is 14.1. The van der Waals surface area contributed by atoms with Gasteiger partial charge >= 0.3 is 0 Å². The quantitative estimate of drug-likeness (QED) is 0.435. The zero-order chi connectivity index (χ0) is 30.9. The molecule has 12 heteroatoms. The highest BCUT2D eigenvalue weighted by molar-refractivity contribution is 7.89. The maximum atomic E-state index is 14.1. The molecule has 0 radical (unpaired) electrons. The first-order valence-electron chi connectivity index (χ1n) is 14.2. The molecular formula is C31H34F2N6O3S. The van der Waals surface area contributed by atoms with Gasteiger partial charge in [-0.2, -0.15) is 5.26 Å². The Morgan fingerprint density at radius 3 is 2.28 bits per heavy atom. The summed E-state index contributed by atoms with van der Waals surface area (Å²) in [5.74, 6) is -2.67. The first kappa shape index (κ1) is 30.4. The summed E-state index contributed by atoms with van der Waals surface area (Å²) in [5.41, 5.74) is 4.51. The molecule has 9 nitrogen and oxygen atoms in total. The van der Waals surface area contributed by atoms with E-state index in [-0.39, 0.29) is 43.8 Å². The predicted molar refractivity (Wildman–Crippen MR) is 161 cm³/mol. The Bertz CT molecular complexity index is 1690. The summed E-state index contributed by atoms with van der Waals surface area (Å²) in [6.07, 6.45) is 1.76. The highest BCUT2D eigenvalue weighted by atomic mass is 32.2. The van der Waals surface area contributed by atoms with E-state index in [1.54, 1.807) is 15.9 Å². The van der Waals surface area contributed by atoms with Gasteiger partial charge in [0.1, 0.15) is 11.0 Å². The van der Waals surface area contributed by atoms with E-state index in [0.29, 0.717) is 17.2 Å². The van der Waals surface area contributed by atoms with Gasteiger partial charge in [-0.3, -0.25) is 4.79 Å². The van der Waals surface area contributed by atoms with Gasteiger partial charge in [0.15, 0.2) is 11.6 Å². The molecule has 5 rings (SSSR count). The van der Waals surface area contributed by atoms with Crippen LogP contribution >= 0.6 is 0 Å². The molecule has 0 unspecified atom stereocenters. The summed E-state index contributed by atoms with van der Waals surface area (Å²) in [4.78, 5) is 18.9. The van der Waals surface area contributed by atoms with Gasteiger partial charge in [0, 0.05) is 49.5 Å². The molecule has 0 bridgehead atoms. The number of anilines is 3. The van der Waals surface area contributed by atoms with Crippen molar-refractivity contribution in [2.45, 2.75) is 37.6 Å². The molecule has 2 fully saturated rings. The number of nitriles is 1. The van der Waals surface area contributed by atoms with Crippen LogP contribution in [0, 0.1) is 36.8 Å². The Labute approximate surface area is 250 Å². The Balaban J connectivity index is 1.45. The van der Waals surface area contributed by atoms with Gasteiger partial charge in [-0.1, -0.05) is 18.2 Å². The minimum absolute atomic E-state index is 0.0314. The van der Waals surface area contributed by atoms with Gasteiger partial charge in [0.2, 0.25) is 10.0 Å². The second kappa shape index (κ2) is 12.3. The van der Waals surface area contributed by atoms with Crippen molar-refractivity contribution in [3.63, 3.8) is 0 Å². The molecule has 2 aliphatic heterocycles. The summed E-state index contributed by atoms with van der Waals surface area (Å²) in [7, 11) is -4.31. The van der Waals surface area contributed by atoms with E-state index in [9.17, 15) is 27.3 Å². The van der Waals surface area contributed by atoms with Crippen LogP contribution in [-0.2, 0) is 10.0 Å². The number of amides is 1. The first-order chi connectivity index (χ1) is 20.5.